The predicted molar refractivity (Wildman–Crippen MR) is 119 cm³/mol. The van der Waals surface area contributed by atoms with E-state index in [2.05, 4.69) is 12.2 Å². The highest BCUT2D eigenvalue weighted by Crippen LogP contribution is 2.20. The third kappa shape index (κ3) is 5.71. The van der Waals surface area contributed by atoms with Crippen molar-refractivity contribution in [3.63, 3.8) is 0 Å². The van der Waals surface area contributed by atoms with Crippen LogP contribution in [0.1, 0.15) is 55.0 Å². The number of nitrogens with one attached hydrogen (secondary N) is 1. The number of nitrogens with zero attached hydrogens (tertiary/aromatic N) is 1. The average molecular weight is 425 g/mol. The monoisotopic (exact) mass is 424 g/mol. The number of aliphatic hydroxyl groups is 2. The van der Waals surface area contributed by atoms with Gasteiger partial charge >= 0.3 is 0 Å². The molecule has 0 spiro atoms. The fourth-order valence-corrected chi connectivity index (χ4v) is 3.89. The Kier molecular flexibility index (Phi) is 7.82. The number of fused-ring (bicyclic) bond motifs is 1. The highest BCUT2D eigenvalue weighted by molar-refractivity contribution is 5.91. The van der Waals surface area contributed by atoms with Crippen LogP contribution < -0.4 is 5.32 Å². The lowest BCUT2D eigenvalue weighted by Crippen LogP contribution is -2.51. The average Bonchev–Trinajstić information content (AvgIpc) is 2.81. The number of carbonyl (C=O) groups excluding carboxylic acids is 2. The van der Waals surface area contributed by atoms with Gasteiger partial charge in [0.15, 0.2) is 12.2 Å². The molecule has 0 aliphatic carbocycles. The van der Waals surface area contributed by atoms with E-state index in [0.717, 1.165) is 30.4 Å². The molecule has 3 N–H and O–H groups in total. The Morgan fingerprint density at radius 2 is 1.71 bits per heavy atom. The summed E-state index contributed by atoms with van der Waals surface area (Å²) < 4.78 is 0. The third-order valence-electron chi connectivity index (χ3n) is 5.92. The summed E-state index contributed by atoms with van der Waals surface area (Å²) in [6, 6.07) is 15.5. The molecule has 2 aromatic carbocycles. The minimum Gasteiger partial charge on any atom is -0.380 e. The molecule has 6 nitrogen and oxygen atoms in total. The van der Waals surface area contributed by atoms with Crippen LogP contribution in [0.5, 0.6) is 0 Å². The van der Waals surface area contributed by atoms with Crippen molar-refractivity contribution in [2.24, 2.45) is 0 Å². The summed E-state index contributed by atoms with van der Waals surface area (Å²) in [4.78, 5) is 26.6. The SMILES string of the molecule is CCCCc1ccc([C@H](C)NC(=O)[C@H](O)[C@@H](O)C(=O)N2CCc3ccccc3C2)cc1. The standard InChI is InChI=1S/C25H32N2O4/c1-3-4-7-18-10-12-19(13-11-18)17(2)26-24(30)22(28)23(29)25(31)27-15-14-20-8-5-6-9-21(20)16-27/h5-6,8-13,17,22-23,28-29H,3-4,7,14-16H2,1-2H3,(H,26,30)/t17-,22+,23+/m0/s1. The Morgan fingerprint density at radius 3 is 2.39 bits per heavy atom. The van der Waals surface area contributed by atoms with E-state index in [9.17, 15) is 19.8 Å². The molecule has 0 radical (unpaired) electrons. The van der Waals surface area contributed by atoms with Gasteiger partial charge in [0, 0.05) is 13.1 Å². The lowest BCUT2D eigenvalue weighted by molar-refractivity contribution is -0.154. The number of benzene rings is 2. The summed E-state index contributed by atoms with van der Waals surface area (Å²) >= 11 is 0. The molecule has 31 heavy (non-hydrogen) atoms. The quantitative estimate of drug-likeness (QED) is 0.607. The molecule has 1 aliphatic rings. The summed E-state index contributed by atoms with van der Waals surface area (Å²) in [6.45, 7) is 4.77. The zero-order valence-corrected chi connectivity index (χ0v) is 18.3. The van der Waals surface area contributed by atoms with Crippen LogP contribution in [0.15, 0.2) is 48.5 Å². The molecule has 6 heteroatoms. The van der Waals surface area contributed by atoms with Crippen LogP contribution in [0.2, 0.25) is 0 Å². The van der Waals surface area contributed by atoms with E-state index in [-0.39, 0.29) is 6.04 Å². The molecule has 1 aliphatic heterocycles. The molecule has 0 saturated heterocycles. The van der Waals surface area contributed by atoms with Gasteiger partial charge < -0.3 is 20.4 Å². The van der Waals surface area contributed by atoms with Gasteiger partial charge in [-0.2, -0.15) is 0 Å². The van der Waals surface area contributed by atoms with Crippen molar-refractivity contribution < 1.29 is 19.8 Å². The van der Waals surface area contributed by atoms with Crippen molar-refractivity contribution in [3.8, 4) is 0 Å². The van der Waals surface area contributed by atoms with E-state index in [1.165, 1.54) is 16.0 Å². The molecule has 2 aromatic rings. The molecule has 3 atom stereocenters. The van der Waals surface area contributed by atoms with Gasteiger partial charge in [-0.1, -0.05) is 61.9 Å². The predicted octanol–water partition coefficient (Wildman–Crippen LogP) is 2.51. The lowest BCUT2D eigenvalue weighted by Gasteiger charge is -2.31. The van der Waals surface area contributed by atoms with Crippen LogP contribution in [-0.4, -0.2) is 45.7 Å². The highest BCUT2D eigenvalue weighted by atomic mass is 16.3. The number of hydrogen-bond donors (Lipinski definition) is 3. The number of aryl methyl sites for hydroxylation is 1. The summed E-state index contributed by atoms with van der Waals surface area (Å²) in [7, 11) is 0. The topological polar surface area (TPSA) is 89.9 Å². The summed E-state index contributed by atoms with van der Waals surface area (Å²) in [5, 5.41) is 23.4. The Hall–Kier alpha value is -2.70. The maximum atomic E-state index is 12.7. The number of unbranched alkanes of at least 4 members (excludes halogenated alkanes) is 1. The van der Waals surface area contributed by atoms with Gasteiger partial charge in [-0.05, 0) is 48.4 Å². The number of carbonyl (C=O) groups is 2. The zero-order valence-electron chi connectivity index (χ0n) is 18.3. The Labute approximate surface area is 183 Å². The second-order valence-electron chi connectivity index (χ2n) is 8.24. The van der Waals surface area contributed by atoms with Crippen LogP contribution >= 0.6 is 0 Å². The van der Waals surface area contributed by atoms with E-state index in [0.29, 0.717) is 19.5 Å². The third-order valence-corrected chi connectivity index (χ3v) is 5.92. The normalized spacial score (nSPS) is 16.2. The maximum absolute atomic E-state index is 12.7. The number of rotatable bonds is 8. The Bertz CT molecular complexity index is 897. The summed E-state index contributed by atoms with van der Waals surface area (Å²) in [5.41, 5.74) is 4.33. The fraction of sp³-hybridized carbons (Fsp3) is 0.440. The second-order valence-corrected chi connectivity index (χ2v) is 8.24. The van der Waals surface area contributed by atoms with Crippen molar-refractivity contribution >= 4 is 11.8 Å². The first-order chi connectivity index (χ1) is 14.9. The zero-order chi connectivity index (χ0) is 22.4. The minimum absolute atomic E-state index is 0.355. The molecule has 0 aromatic heterocycles. The molecule has 0 fully saturated rings. The highest BCUT2D eigenvalue weighted by Gasteiger charge is 2.35. The molecular formula is C25H32N2O4. The van der Waals surface area contributed by atoms with E-state index in [4.69, 9.17) is 0 Å². The van der Waals surface area contributed by atoms with Crippen molar-refractivity contribution in [3.05, 3.63) is 70.8 Å². The van der Waals surface area contributed by atoms with Gasteiger partial charge in [0.1, 0.15) is 0 Å². The van der Waals surface area contributed by atoms with Crippen LogP contribution in [0.4, 0.5) is 0 Å². The molecular weight excluding hydrogens is 392 g/mol. The van der Waals surface area contributed by atoms with Crippen LogP contribution in [0.3, 0.4) is 0 Å². The van der Waals surface area contributed by atoms with Crippen molar-refractivity contribution in [2.45, 2.75) is 64.3 Å². The largest absolute Gasteiger partial charge is 0.380 e. The van der Waals surface area contributed by atoms with E-state index in [1.54, 1.807) is 6.92 Å². The van der Waals surface area contributed by atoms with E-state index in [1.807, 2.05) is 48.5 Å². The summed E-state index contributed by atoms with van der Waals surface area (Å²) in [6.07, 6.45) is 0.349. The van der Waals surface area contributed by atoms with Crippen molar-refractivity contribution in [2.75, 3.05) is 6.54 Å². The molecule has 166 valence electrons. The number of hydrogen-bond acceptors (Lipinski definition) is 4. The summed E-state index contributed by atoms with van der Waals surface area (Å²) in [5.74, 6) is -1.40. The van der Waals surface area contributed by atoms with Gasteiger partial charge in [0.2, 0.25) is 0 Å². The minimum atomic E-state index is -1.82. The number of aliphatic hydroxyl groups excluding tert-OH is 2. The van der Waals surface area contributed by atoms with Gasteiger partial charge in [-0.25, -0.2) is 0 Å². The molecule has 1 heterocycles. The molecule has 0 bridgehead atoms. The van der Waals surface area contributed by atoms with Gasteiger partial charge in [0.25, 0.3) is 11.8 Å². The van der Waals surface area contributed by atoms with Crippen molar-refractivity contribution in [1.82, 2.24) is 10.2 Å². The fourth-order valence-electron chi connectivity index (χ4n) is 3.89. The van der Waals surface area contributed by atoms with Crippen LogP contribution in [0, 0.1) is 0 Å². The first kappa shape index (κ1) is 23.0. The molecule has 3 rings (SSSR count). The molecule has 0 unspecified atom stereocenters. The van der Waals surface area contributed by atoms with Crippen molar-refractivity contribution in [1.29, 1.82) is 0 Å². The van der Waals surface area contributed by atoms with Gasteiger partial charge in [-0.15, -0.1) is 0 Å². The molecule has 2 amide bonds. The smallest absolute Gasteiger partial charge is 0.255 e. The van der Waals surface area contributed by atoms with Crippen LogP contribution in [0.25, 0.3) is 0 Å². The molecule has 0 saturated carbocycles. The lowest BCUT2D eigenvalue weighted by atomic mass is 9.99. The number of amides is 2. The van der Waals surface area contributed by atoms with Crippen LogP contribution in [-0.2, 0) is 29.0 Å². The van der Waals surface area contributed by atoms with E-state index < -0.39 is 24.0 Å². The maximum Gasteiger partial charge on any atom is 0.255 e. The van der Waals surface area contributed by atoms with Gasteiger partial charge in [0.05, 0.1) is 6.04 Å². The Balaban J connectivity index is 1.55. The first-order valence-corrected chi connectivity index (χ1v) is 11.0. The van der Waals surface area contributed by atoms with Gasteiger partial charge in [-0.3, -0.25) is 9.59 Å². The second kappa shape index (κ2) is 10.6. The Morgan fingerprint density at radius 1 is 1.03 bits per heavy atom. The van der Waals surface area contributed by atoms with E-state index >= 15 is 0 Å². The first-order valence-electron chi connectivity index (χ1n) is 11.0.